The molecule has 1 aliphatic rings. The second kappa shape index (κ2) is 9.19. The molecule has 10 heteroatoms. The lowest BCUT2D eigenvalue weighted by atomic mass is 10.0. The van der Waals surface area contributed by atoms with Crippen molar-refractivity contribution >= 4 is 49.9 Å². The Labute approximate surface area is 199 Å². The van der Waals surface area contributed by atoms with Gasteiger partial charge in [0.05, 0.1) is 5.56 Å². The van der Waals surface area contributed by atoms with Gasteiger partial charge in [0.25, 0.3) is 5.56 Å². The molecule has 1 fully saturated rings. The van der Waals surface area contributed by atoms with Crippen molar-refractivity contribution in [3.05, 3.63) is 46.9 Å². The van der Waals surface area contributed by atoms with Crippen LogP contribution in [0, 0.1) is 0 Å². The number of aromatic hydroxyl groups is 1. The summed E-state index contributed by atoms with van der Waals surface area (Å²) >= 11 is 3.09. The van der Waals surface area contributed by atoms with E-state index in [0.29, 0.717) is 11.6 Å². The second-order valence-electron chi connectivity index (χ2n) is 7.81. The number of anilines is 1. The molecule has 1 aromatic carbocycles. The minimum absolute atomic E-state index is 0. The fraction of sp³-hybridized carbons (Fsp3) is 0.318. The van der Waals surface area contributed by atoms with Gasteiger partial charge in [-0.1, -0.05) is 28.7 Å². The molecule has 7 nitrogen and oxygen atoms in total. The fourth-order valence-corrected chi connectivity index (χ4v) is 5.97. The number of benzene rings is 1. The number of thiazole rings is 2. The molecule has 0 atom stereocenters. The quantitative estimate of drug-likeness (QED) is 0.449. The summed E-state index contributed by atoms with van der Waals surface area (Å²) in [6, 6.07) is 9.38. The smallest absolute Gasteiger partial charge is 0.250 e. The van der Waals surface area contributed by atoms with Gasteiger partial charge < -0.3 is 19.9 Å². The van der Waals surface area contributed by atoms with Crippen LogP contribution in [0.3, 0.4) is 0 Å². The number of rotatable bonds is 4. The van der Waals surface area contributed by atoms with Gasteiger partial charge in [-0.2, -0.15) is 0 Å². The van der Waals surface area contributed by atoms with E-state index in [0.717, 1.165) is 56.9 Å². The van der Waals surface area contributed by atoms with Crippen molar-refractivity contribution < 1.29 is 5.11 Å². The van der Waals surface area contributed by atoms with Crippen molar-refractivity contribution in [1.29, 1.82) is 0 Å². The minimum Gasteiger partial charge on any atom is -0.507 e. The van der Waals surface area contributed by atoms with Crippen molar-refractivity contribution in [3.8, 4) is 27.4 Å². The Morgan fingerprint density at radius 1 is 1.09 bits per heavy atom. The maximum Gasteiger partial charge on any atom is 0.250 e. The summed E-state index contributed by atoms with van der Waals surface area (Å²) < 4.78 is 1.52. The first-order chi connectivity index (χ1) is 15.0. The molecule has 168 valence electrons. The van der Waals surface area contributed by atoms with Crippen LogP contribution < -0.4 is 15.8 Å². The molecule has 0 spiro atoms. The van der Waals surface area contributed by atoms with Gasteiger partial charge >= 0.3 is 0 Å². The molecule has 1 saturated heterocycles. The zero-order chi connectivity index (χ0) is 21.5. The normalized spacial score (nSPS) is 14.4. The van der Waals surface area contributed by atoms with Gasteiger partial charge in [0.2, 0.25) is 0 Å². The van der Waals surface area contributed by atoms with Crippen molar-refractivity contribution in [1.82, 2.24) is 19.9 Å². The van der Waals surface area contributed by atoms with Crippen molar-refractivity contribution in [3.63, 3.8) is 0 Å². The van der Waals surface area contributed by atoms with Gasteiger partial charge in [-0.15, -0.1) is 12.4 Å². The highest BCUT2D eigenvalue weighted by Gasteiger charge is 2.22. The summed E-state index contributed by atoms with van der Waals surface area (Å²) in [7, 11) is 3.82. The number of aryl methyl sites for hydroxylation is 1. The molecule has 0 radical (unpaired) electrons. The molecule has 32 heavy (non-hydrogen) atoms. The van der Waals surface area contributed by atoms with Crippen LogP contribution in [-0.4, -0.2) is 45.8 Å². The SMILES string of the molecule is CN(c1nc2sc(-c3ccc(-c4ccn(C)c(=O)c4)cc3O)nc2s1)C1CCNCC1.Cl. The van der Waals surface area contributed by atoms with Gasteiger partial charge in [0.1, 0.15) is 10.8 Å². The topological polar surface area (TPSA) is 83.3 Å². The molecule has 0 aliphatic carbocycles. The van der Waals surface area contributed by atoms with E-state index in [4.69, 9.17) is 9.97 Å². The van der Waals surface area contributed by atoms with Crippen LogP contribution in [0.4, 0.5) is 5.13 Å². The predicted molar refractivity (Wildman–Crippen MR) is 135 cm³/mol. The lowest BCUT2D eigenvalue weighted by Crippen LogP contribution is -2.41. The maximum absolute atomic E-state index is 11.9. The van der Waals surface area contributed by atoms with Gasteiger partial charge in [-0.3, -0.25) is 4.79 Å². The lowest BCUT2D eigenvalue weighted by Gasteiger charge is -2.31. The Hall–Kier alpha value is -2.46. The Bertz CT molecular complexity index is 1280. The molecule has 5 rings (SSSR count). The molecule has 0 unspecified atom stereocenters. The monoisotopic (exact) mass is 489 g/mol. The Kier molecular flexibility index (Phi) is 6.52. The second-order valence-corrected chi connectivity index (χ2v) is 9.75. The summed E-state index contributed by atoms with van der Waals surface area (Å²) in [5.74, 6) is 0.145. The van der Waals surface area contributed by atoms with Gasteiger partial charge in [-0.25, -0.2) is 9.97 Å². The van der Waals surface area contributed by atoms with Crippen molar-refractivity contribution in [2.24, 2.45) is 7.05 Å². The van der Waals surface area contributed by atoms with Crippen molar-refractivity contribution in [2.75, 3.05) is 25.0 Å². The average molecular weight is 490 g/mol. The zero-order valence-electron chi connectivity index (χ0n) is 17.7. The highest BCUT2D eigenvalue weighted by atomic mass is 35.5. The van der Waals surface area contributed by atoms with E-state index in [2.05, 4.69) is 17.3 Å². The molecule has 0 amide bonds. The van der Waals surface area contributed by atoms with Crippen molar-refractivity contribution in [2.45, 2.75) is 18.9 Å². The molecular formula is C22H24ClN5O2S2. The number of aromatic nitrogens is 3. The molecular weight excluding hydrogens is 466 g/mol. The van der Waals surface area contributed by atoms with E-state index < -0.39 is 0 Å². The van der Waals surface area contributed by atoms with E-state index in [1.165, 1.54) is 15.9 Å². The van der Waals surface area contributed by atoms with Crippen LogP contribution in [0.15, 0.2) is 41.3 Å². The van der Waals surface area contributed by atoms with E-state index in [1.54, 1.807) is 36.7 Å². The standard InChI is InChI=1S/C22H23N5O2S2.ClH/c1-26-10-7-14(12-18(26)29)13-3-4-16(17(28)11-13)19-24-20-21(30-19)25-22(31-20)27(2)15-5-8-23-9-6-15;/h3-4,7,10-12,15,23,28H,5-6,8-9H2,1-2H3;1H. The van der Waals surface area contributed by atoms with Crippen LogP contribution in [0.2, 0.25) is 0 Å². The van der Waals surface area contributed by atoms with E-state index in [-0.39, 0.29) is 23.7 Å². The maximum atomic E-state index is 11.9. The molecule has 4 heterocycles. The largest absolute Gasteiger partial charge is 0.507 e. The van der Waals surface area contributed by atoms with E-state index >= 15 is 0 Å². The van der Waals surface area contributed by atoms with Crippen LogP contribution in [-0.2, 0) is 7.05 Å². The summed E-state index contributed by atoms with van der Waals surface area (Å²) in [5, 5.41) is 15.8. The third-order valence-corrected chi connectivity index (χ3v) is 7.94. The summed E-state index contributed by atoms with van der Waals surface area (Å²) in [6.45, 7) is 2.09. The highest BCUT2D eigenvalue weighted by molar-refractivity contribution is 7.29. The summed E-state index contributed by atoms with van der Waals surface area (Å²) in [5.41, 5.74) is 2.16. The molecule has 4 aromatic rings. The molecule has 3 aromatic heterocycles. The number of nitrogens with one attached hydrogen (secondary N) is 1. The van der Waals surface area contributed by atoms with Gasteiger partial charge in [-0.05, 0) is 55.3 Å². The highest BCUT2D eigenvalue weighted by Crippen LogP contribution is 2.40. The third-order valence-electron chi connectivity index (χ3n) is 5.79. The van der Waals surface area contributed by atoms with Gasteiger partial charge in [0.15, 0.2) is 14.8 Å². The fourth-order valence-electron chi connectivity index (χ4n) is 3.87. The van der Waals surface area contributed by atoms with E-state index in [1.807, 2.05) is 18.2 Å². The summed E-state index contributed by atoms with van der Waals surface area (Å²) in [6.07, 6.45) is 3.97. The number of phenolic OH excluding ortho intramolecular Hbond substituents is 1. The minimum atomic E-state index is -0.0856. The number of halogens is 1. The number of fused-ring (bicyclic) bond motifs is 1. The molecule has 1 aliphatic heterocycles. The zero-order valence-corrected chi connectivity index (χ0v) is 20.2. The first-order valence-corrected chi connectivity index (χ1v) is 11.8. The number of pyridine rings is 1. The summed E-state index contributed by atoms with van der Waals surface area (Å²) in [4.78, 5) is 25.5. The molecule has 0 saturated carbocycles. The average Bonchev–Trinajstić information content (AvgIpc) is 3.35. The Morgan fingerprint density at radius 2 is 1.81 bits per heavy atom. The Balaban J connectivity index is 0.00000245. The number of piperidine rings is 1. The van der Waals surface area contributed by atoms with Crippen LogP contribution in [0.5, 0.6) is 5.75 Å². The van der Waals surface area contributed by atoms with Crippen LogP contribution >= 0.6 is 35.1 Å². The molecule has 0 bridgehead atoms. The lowest BCUT2D eigenvalue weighted by molar-refractivity contribution is 0.443. The number of nitrogens with zero attached hydrogens (tertiary/aromatic N) is 4. The van der Waals surface area contributed by atoms with Gasteiger partial charge in [0, 0.05) is 32.4 Å². The Morgan fingerprint density at radius 3 is 2.50 bits per heavy atom. The molecule has 2 N–H and O–H groups in total. The third kappa shape index (κ3) is 4.25. The first-order valence-electron chi connectivity index (χ1n) is 10.2. The number of phenols is 1. The van der Waals surface area contributed by atoms with Crippen LogP contribution in [0.1, 0.15) is 12.8 Å². The van der Waals surface area contributed by atoms with E-state index in [9.17, 15) is 9.90 Å². The van der Waals surface area contributed by atoms with Crippen LogP contribution in [0.25, 0.3) is 31.4 Å². The number of hydrogen-bond acceptors (Lipinski definition) is 8. The number of hydrogen-bond donors (Lipinski definition) is 2. The first kappa shape index (κ1) is 22.7. The predicted octanol–water partition coefficient (Wildman–Crippen LogP) is 4.10.